The first-order valence-electron chi connectivity index (χ1n) is 11.7. The number of aliphatic hydroxyl groups is 1. The summed E-state index contributed by atoms with van der Waals surface area (Å²) in [7, 11) is 0. The number of alkyl halides is 8. The SMILES string of the molecule is O[C@H](CNC(c1cccc(Oc2cccc(-c3ccco3)c2)c1)c1cccc(C(F)(F)C(F)(F)F)c1)C(F)(F)F. The summed E-state index contributed by atoms with van der Waals surface area (Å²) < 4.78 is 117. The molecule has 0 radical (unpaired) electrons. The zero-order valence-corrected chi connectivity index (χ0v) is 20.3. The van der Waals surface area contributed by atoms with Gasteiger partial charge in [-0.15, -0.1) is 0 Å². The quantitative estimate of drug-likeness (QED) is 0.200. The van der Waals surface area contributed by atoms with E-state index in [0.29, 0.717) is 29.2 Å². The molecule has 0 spiro atoms. The highest BCUT2D eigenvalue weighted by molar-refractivity contribution is 5.59. The number of ether oxygens (including phenoxy) is 1. The van der Waals surface area contributed by atoms with E-state index in [1.54, 1.807) is 36.4 Å². The standard InChI is InChI=1S/C28H21F8NO3/c29-26(30,28(34,35)36)20-8-1-6-18(13-20)25(37-16-24(38)27(31,32)33)19-7-3-10-22(15-19)40-21-9-2-5-17(14-21)23-11-4-12-39-23/h1-15,24-25,37-38H,16H2/t24-,25?/m1/s1. The molecule has 0 aliphatic carbocycles. The molecule has 4 rings (SSSR count). The van der Waals surface area contributed by atoms with Crippen LogP contribution in [0.5, 0.6) is 11.5 Å². The van der Waals surface area contributed by atoms with Gasteiger partial charge in [0.1, 0.15) is 17.3 Å². The fourth-order valence-electron chi connectivity index (χ4n) is 3.90. The molecule has 1 aromatic heterocycles. The Bertz CT molecular complexity index is 1420. The molecule has 12 heteroatoms. The molecule has 212 valence electrons. The molecule has 1 heterocycles. The summed E-state index contributed by atoms with van der Waals surface area (Å²) in [6.07, 6.45) is -12.2. The Morgan fingerprint density at radius 1 is 0.750 bits per heavy atom. The predicted octanol–water partition coefficient (Wildman–Crippen LogP) is 8.00. The lowest BCUT2D eigenvalue weighted by Crippen LogP contribution is -2.40. The van der Waals surface area contributed by atoms with Crippen LogP contribution in [0.4, 0.5) is 35.1 Å². The minimum atomic E-state index is -5.89. The van der Waals surface area contributed by atoms with E-state index in [4.69, 9.17) is 9.15 Å². The fraction of sp³-hybridized carbons (Fsp3) is 0.214. The normalized spacial score (nSPS) is 14.1. The number of furan rings is 1. The molecule has 0 saturated carbocycles. The molecular weight excluding hydrogens is 550 g/mol. The minimum Gasteiger partial charge on any atom is -0.464 e. The Hall–Kier alpha value is -3.90. The Balaban J connectivity index is 1.68. The van der Waals surface area contributed by atoms with E-state index < -0.39 is 42.5 Å². The molecule has 1 unspecified atom stereocenters. The van der Waals surface area contributed by atoms with E-state index in [9.17, 15) is 40.2 Å². The van der Waals surface area contributed by atoms with E-state index in [1.165, 1.54) is 36.6 Å². The molecule has 4 nitrogen and oxygen atoms in total. The third-order valence-electron chi connectivity index (χ3n) is 5.90. The molecule has 0 bridgehead atoms. The first-order valence-corrected chi connectivity index (χ1v) is 11.7. The number of rotatable bonds is 9. The zero-order chi connectivity index (χ0) is 29.1. The highest BCUT2D eigenvalue weighted by atomic mass is 19.4. The van der Waals surface area contributed by atoms with E-state index >= 15 is 0 Å². The van der Waals surface area contributed by atoms with E-state index in [1.807, 2.05) is 0 Å². The topological polar surface area (TPSA) is 54.6 Å². The van der Waals surface area contributed by atoms with Crippen LogP contribution in [0.3, 0.4) is 0 Å². The van der Waals surface area contributed by atoms with Gasteiger partial charge in [-0.05, 0) is 53.6 Å². The summed E-state index contributed by atoms with van der Waals surface area (Å²) in [6, 6.07) is 18.0. The molecule has 4 aromatic rings. The Kier molecular flexibility index (Phi) is 8.22. The second-order valence-electron chi connectivity index (χ2n) is 8.78. The van der Waals surface area contributed by atoms with Crippen molar-refractivity contribution in [1.82, 2.24) is 5.32 Å². The average molecular weight is 571 g/mol. The minimum absolute atomic E-state index is 0.182. The Labute approximate surface area is 222 Å². The van der Waals surface area contributed by atoms with Crippen LogP contribution in [-0.2, 0) is 5.92 Å². The highest BCUT2D eigenvalue weighted by Gasteiger charge is 2.58. The van der Waals surface area contributed by atoms with Gasteiger partial charge in [-0.3, -0.25) is 0 Å². The van der Waals surface area contributed by atoms with Gasteiger partial charge in [-0.25, -0.2) is 0 Å². The van der Waals surface area contributed by atoms with Crippen LogP contribution in [-0.4, -0.2) is 30.1 Å². The number of halogens is 8. The van der Waals surface area contributed by atoms with Crippen LogP contribution in [0.1, 0.15) is 22.7 Å². The van der Waals surface area contributed by atoms with Crippen molar-refractivity contribution >= 4 is 0 Å². The lowest BCUT2D eigenvalue weighted by atomic mass is 9.95. The second kappa shape index (κ2) is 11.3. The maximum Gasteiger partial charge on any atom is 0.458 e. The Morgan fingerprint density at radius 3 is 2.00 bits per heavy atom. The zero-order valence-electron chi connectivity index (χ0n) is 20.3. The first kappa shape index (κ1) is 29.1. The lowest BCUT2D eigenvalue weighted by Gasteiger charge is -2.25. The summed E-state index contributed by atoms with van der Waals surface area (Å²) >= 11 is 0. The molecule has 0 fully saturated rings. The largest absolute Gasteiger partial charge is 0.464 e. The van der Waals surface area contributed by atoms with Gasteiger partial charge in [0.15, 0.2) is 6.10 Å². The highest BCUT2D eigenvalue weighted by Crippen LogP contribution is 2.44. The van der Waals surface area contributed by atoms with Crippen molar-refractivity contribution in [3.8, 4) is 22.8 Å². The number of benzene rings is 3. The number of hydrogen-bond acceptors (Lipinski definition) is 4. The van der Waals surface area contributed by atoms with Gasteiger partial charge < -0.3 is 19.6 Å². The molecule has 0 aliphatic rings. The van der Waals surface area contributed by atoms with Crippen molar-refractivity contribution < 1.29 is 49.4 Å². The fourth-order valence-corrected chi connectivity index (χ4v) is 3.90. The average Bonchev–Trinajstić information content (AvgIpc) is 3.43. The molecule has 0 saturated heterocycles. The third kappa shape index (κ3) is 6.62. The number of aliphatic hydroxyl groups excluding tert-OH is 1. The molecule has 0 amide bonds. The molecule has 3 aromatic carbocycles. The van der Waals surface area contributed by atoms with Crippen LogP contribution in [0, 0.1) is 0 Å². The van der Waals surface area contributed by atoms with Gasteiger partial charge in [0, 0.05) is 17.7 Å². The van der Waals surface area contributed by atoms with Crippen LogP contribution < -0.4 is 10.1 Å². The van der Waals surface area contributed by atoms with Gasteiger partial charge in [0.25, 0.3) is 0 Å². The van der Waals surface area contributed by atoms with Gasteiger partial charge in [0.2, 0.25) is 0 Å². The van der Waals surface area contributed by atoms with Gasteiger partial charge in [-0.1, -0.05) is 42.5 Å². The van der Waals surface area contributed by atoms with Crippen molar-refractivity contribution in [1.29, 1.82) is 0 Å². The maximum absolute atomic E-state index is 14.1. The maximum atomic E-state index is 14.1. The van der Waals surface area contributed by atoms with Crippen molar-refractivity contribution in [2.24, 2.45) is 0 Å². The van der Waals surface area contributed by atoms with Gasteiger partial charge in [-0.2, -0.15) is 35.1 Å². The number of nitrogens with one attached hydrogen (secondary N) is 1. The van der Waals surface area contributed by atoms with Crippen LogP contribution in [0.2, 0.25) is 0 Å². The summed E-state index contributed by atoms with van der Waals surface area (Å²) in [5, 5.41) is 11.9. The molecule has 2 atom stereocenters. The van der Waals surface area contributed by atoms with E-state index in [-0.39, 0.29) is 16.9 Å². The van der Waals surface area contributed by atoms with E-state index in [0.717, 1.165) is 6.07 Å². The molecular formula is C28H21F8NO3. The van der Waals surface area contributed by atoms with Gasteiger partial charge >= 0.3 is 18.3 Å². The summed E-state index contributed by atoms with van der Waals surface area (Å²) in [5.41, 5.74) is -0.695. The first-order chi connectivity index (χ1) is 18.8. The van der Waals surface area contributed by atoms with Crippen LogP contribution in [0.25, 0.3) is 11.3 Å². The Morgan fingerprint density at radius 2 is 1.38 bits per heavy atom. The van der Waals surface area contributed by atoms with Crippen molar-refractivity contribution in [2.45, 2.75) is 30.4 Å². The van der Waals surface area contributed by atoms with Crippen LogP contribution in [0.15, 0.2) is 95.6 Å². The summed E-state index contributed by atoms with van der Waals surface area (Å²) in [4.78, 5) is 0. The molecule has 2 N–H and O–H groups in total. The number of hydrogen-bond donors (Lipinski definition) is 2. The molecule has 0 aliphatic heterocycles. The summed E-state index contributed by atoms with van der Waals surface area (Å²) in [5.74, 6) is -4.06. The molecule has 40 heavy (non-hydrogen) atoms. The second-order valence-corrected chi connectivity index (χ2v) is 8.78. The van der Waals surface area contributed by atoms with Gasteiger partial charge in [0.05, 0.1) is 12.3 Å². The van der Waals surface area contributed by atoms with Crippen molar-refractivity contribution in [3.63, 3.8) is 0 Å². The third-order valence-corrected chi connectivity index (χ3v) is 5.90. The predicted molar refractivity (Wildman–Crippen MR) is 129 cm³/mol. The van der Waals surface area contributed by atoms with Crippen molar-refractivity contribution in [2.75, 3.05) is 6.54 Å². The summed E-state index contributed by atoms with van der Waals surface area (Å²) in [6.45, 7) is -1.07. The monoisotopic (exact) mass is 571 g/mol. The smallest absolute Gasteiger partial charge is 0.458 e. The lowest BCUT2D eigenvalue weighted by molar-refractivity contribution is -0.289. The van der Waals surface area contributed by atoms with Crippen molar-refractivity contribution in [3.05, 3.63) is 108 Å². The van der Waals surface area contributed by atoms with E-state index in [2.05, 4.69) is 5.32 Å². The van der Waals surface area contributed by atoms with Crippen LogP contribution >= 0.6 is 0 Å².